The number of hydrogen-bond acceptors (Lipinski definition) is 4. The van der Waals surface area contributed by atoms with Crippen molar-refractivity contribution >= 4 is 39.8 Å². The third-order valence-corrected chi connectivity index (χ3v) is 4.82. The minimum atomic E-state index is -0.554. The third-order valence-electron chi connectivity index (χ3n) is 4.62. The number of hydrogen-bond donors (Lipinski definition) is 4. The summed E-state index contributed by atoms with van der Waals surface area (Å²) in [6, 6.07) is 14.6. The summed E-state index contributed by atoms with van der Waals surface area (Å²) in [4.78, 5) is 38.4. The molecule has 0 fully saturated rings. The molecule has 0 aliphatic heterocycles. The quantitative estimate of drug-likeness (QED) is 0.369. The molecule has 0 aliphatic rings. The van der Waals surface area contributed by atoms with Gasteiger partial charge in [-0.15, -0.1) is 0 Å². The van der Waals surface area contributed by atoms with E-state index in [9.17, 15) is 14.4 Å². The lowest BCUT2D eigenvalue weighted by atomic mass is 10.0. The average Bonchev–Trinajstić information content (AvgIpc) is 2.72. The topological polar surface area (TPSA) is 108 Å². The van der Waals surface area contributed by atoms with Crippen molar-refractivity contribution in [2.24, 2.45) is 0 Å². The van der Waals surface area contributed by atoms with Gasteiger partial charge < -0.3 is 5.32 Å². The van der Waals surface area contributed by atoms with E-state index in [4.69, 9.17) is 12.2 Å². The van der Waals surface area contributed by atoms with Gasteiger partial charge in [0.15, 0.2) is 5.11 Å². The highest BCUT2D eigenvalue weighted by Gasteiger charge is 2.09. The molecule has 4 N–H and O–H groups in total. The minimum absolute atomic E-state index is 0.0225. The number of thiocarbonyl (C=S) groups is 1. The predicted molar refractivity (Wildman–Crippen MR) is 121 cm³/mol. The average molecular weight is 426 g/mol. The number of para-hydroxylation sites is 1. The molecule has 3 rings (SSSR count). The number of rotatable bonds is 5. The van der Waals surface area contributed by atoms with Crippen LogP contribution in [0.4, 0.5) is 5.69 Å². The summed E-state index contributed by atoms with van der Waals surface area (Å²) in [5, 5.41) is 3.62. The van der Waals surface area contributed by atoms with Crippen molar-refractivity contribution in [1.82, 2.24) is 20.4 Å². The summed E-state index contributed by atoms with van der Waals surface area (Å²) >= 11 is 5.18. The van der Waals surface area contributed by atoms with Crippen LogP contribution in [0.3, 0.4) is 0 Å². The Bertz CT molecular complexity index is 1180. The number of anilines is 1. The van der Waals surface area contributed by atoms with E-state index in [0.717, 1.165) is 5.69 Å². The molecule has 0 radical (unpaired) electrons. The highest BCUT2D eigenvalue weighted by atomic mass is 32.1. The fourth-order valence-electron chi connectivity index (χ4n) is 2.98. The number of carbonyl (C=O) groups excluding carboxylic acids is 1. The summed E-state index contributed by atoms with van der Waals surface area (Å²) in [6.07, 6.45) is 0.0225. The van der Waals surface area contributed by atoms with Crippen LogP contribution in [-0.4, -0.2) is 20.6 Å². The van der Waals surface area contributed by atoms with Gasteiger partial charge in [-0.1, -0.05) is 38.1 Å². The molecule has 1 heterocycles. The number of benzene rings is 2. The molecule has 9 heteroatoms. The van der Waals surface area contributed by atoms with Crippen molar-refractivity contribution in [1.29, 1.82) is 0 Å². The van der Waals surface area contributed by atoms with Gasteiger partial charge in [-0.25, -0.2) is 4.79 Å². The van der Waals surface area contributed by atoms with Crippen molar-refractivity contribution in [3.63, 3.8) is 0 Å². The number of amides is 1. The predicted octanol–water partition coefficient (Wildman–Crippen LogP) is 2.22. The normalized spacial score (nSPS) is 10.8. The molecule has 1 aromatic heterocycles. The number of aryl methyl sites for hydroxylation is 1. The van der Waals surface area contributed by atoms with Gasteiger partial charge >= 0.3 is 5.69 Å². The molecule has 8 nitrogen and oxygen atoms in total. The van der Waals surface area contributed by atoms with Crippen LogP contribution in [0, 0.1) is 0 Å². The van der Waals surface area contributed by atoms with Crippen LogP contribution in [0.15, 0.2) is 58.1 Å². The van der Waals surface area contributed by atoms with E-state index in [1.54, 1.807) is 24.3 Å². The smallest absolute Gasteiger partial charge is 0.328 e. The molecular formula is C21H23N5O3S. The Kier molecular flexibility index (Phi) is 6.63. The number of carbonyl (C=O) groups is 1. The maximum atomic E-state index is 12.2. The van der Waals surface area contributed by atoms with Gasteiger partial charge in [0, 0.05) is 18.7 Å². The summed E-state index contributed by atoms with van der Waals surface area (Å²) in [5.41, 5.74) is 6.64. The molecule has 0 saturated heterocycles. The summed E-state index contributed by atoms with van der Waals surface area (Å²) in [5.74, 6) is 0.0898. The third kappa shape index (κ3) is 5.12. The molecule has 156 valence electrons. The van der Waals surface area contributed by atoms with Crippen LogP contribution in [0.2, 0.25) is 0 Å². The second kappa shape index (κ2) is 9.36. The van der Waals surface area contributed by atoms with Crippen molar-refractivity contribution in [2.75, 3.05) is 5.32 Å². The summed E-state index contributed by atoms with van der Waals surface area (Å²) < 4.78 is 1.36. The molecule has 3 aromatic rings. The highest BCUT2D eigenvalue weighted by molar-refractivity contribution is 7.80. The first-order valence-corrected chi connectivity index (χ1v) is 9.93. The second-order valence-electron chi connectivity index (χ2n) is 7.08. The number of fused-ring (bicyclic) bond motifs is 1. The van der Waals surface area contributed by atoms with E-state index < -0.39 is 11.2 Å². The lowest BCUT2D eigenvalue weighted by Gasteiger charge is -2.13. The SMILES string of the molecule is CC(C)c1ccc(NC(=S)NNC(=O)CCn2c(=O)[nH]c(=O)c3ccccc32)cc1. The Balaban J connectivity index is 1.54. The highest BCUT2D eigenvalue weighted by Crippen LogP contribution is 2.16. The lowest BCUT2D eigenvalue weighted by molar-refractivity contribution is -0.121. The fraction of sp³-hybridized carbons (Fsp3) is 0.238. The number of H-pyrrole nitrogens is 1. The van der Waals surface area contributed by atoms with E-state index in [2.05, 4.69) is 35.0 Å². The van der Waals surface area contributed by atoms with Crippen molar-refractivity contribution in [3.05, 3.63) is 74.9 Å². The van der Waals surface area contributed by atoms with Crippen molar-refractivity contribution < 1.29 is 4.79 Å². The van der Waals surface area contributed by atoms with E-state index in [1.807, 2.05) is 24.3 Å². The molecule has 2 aromatic carbocycles. The first kappa shape index (κ1) is 21.3. The number of aromatic nitrogens is 2. The van der Waals surface area contributed by atoms with Gasteiger partial charge in [0.1, 0.15) is 0 Å². The maximum absolute atomic E-state index is 12.2. The summed E-state index contributed by atoms with van der Waals surface area (Å²) in [7, 11) is 0. The van der Waals surface area contributed by atoms with Crippen LogP contribution in [0.1, 0.15) is 31.7 Å². The monoisotopic (exact) mass is 425 g/mol. The fourth-order valence-corrected chi connectivity index (χ4v) is 3.15. The minimum Gasteiger partial charge on any atom is -0.331 e. The zero-order valence-corrected chi connectivity index (χ0v) is 17.5. The van der Waals surface area contributed by atoms with Crippen LogP contribution >= 0.6 is 12.2 Å². The van der Waals surface area contributed by atoms with Crippen LogP contribution < -0.4 is 27.4 Å². The van der Waals surface area contributed by atoms with Crippen molar-refractivity contribution in [2.45, 2.75) is 32.7 Å². The van der Waals surface area contributed by atoms with Crippen molar-refractivity contribution in [3.8, 4) is 0 Å². The molecule has 0 atom stereocenters. The van der Waals surface area contributed by atoms with Gasteiger partial charge in [0.05, 0.1) is 10.9 Å². The van der Waals surface area contributed by atoms with Gasteiger partial charge in [-0.2, -0.15) is 0 Å². The molecule has 30 heavy (non-hydrogen) atoms. The van der Waals surface area contributed by atoms with Gasteiger partial charge in [0.25, 0.3) is 5.56 Å². The zero-order valence-electron chi connectivity index (χ0n) is 16.7. The molecular weight excluding hydrogens is 402 g/mol. The Morgan fingerprint density at radius 1 is 1.07 bits per heavy atom. The van der Waals surface area contributed by atoms with E-state index in [1.165, 1.54) is 10.1 Å². The number of aromatic amines is 1. The van der Waals surface area contributed by atoms with E-state index >= 15 is 0 Å². The molecule has 0 saturated carbocycles. The molecule has 0 bridgehead atoms. The Hall–Kier alpha value is -3.46. The maximum Gasteiger partial charge on any atom is 0.328 e. The summed E-state index contributed by atoms with van der Waals surface area (Å²) in [6.45, 7) is 4.35. The Morgan fingerprint density at radius 3 is 2.47 bits per heavy atom. The largest absolute Gasteiger partial charge is 0.331 e. The van der Waals surface area contributed by atoms with Crippen LogP contribution in [0.5, 0.6) is 0 Å². The molecule has 0 aliphatic carbocycles. The molecule has 0 spiro atoms. The first-order chi connectivity index (χ1) is 14.3. The first-order valence-electron chi connectivity index (χ1n) is 9.53. The Labute approximate surface area is 178 Å². The van der Waals surface area contributed by atoms with Crippen LogP contribution in [-0.2, 0) is 11.3 Å². The molecule has 1 amide bonds. The second-order valence-corrected chi connectivity index (χ2v) is 7.49. The standard InChI is InChI=1S/C21H23N5O3S/c1-13(2)14-7-9-15(10-8-14)22-20(30)25-24-18(27)11-12-26-17-6-4-3-5-16(17)19(28)23-21(26)29/h3-10,13H,11-12H2,1-2H3,(H,24,27)(H2,22,25,30)(H,23,28,29). The number of nitrogens with one attached hydrogen (secondary N) is 4. The zero-order chi connectivity index (χ0) is 21.7. The number of nitrogens with zero attached hydrogens (tertiary/aromatic N) is 1. The van der Waals surface area contributed by atoms with Gasteiger partial charge in [-0.05, 0) is 48.0 Å². The van der Waals surface area contributed by atoms with E-state index in [0.29, 0.717) is 16.8 Å². The molecule has 0 unspecified atom stereocenters. The number of hydrazine groups is 1. The van der Waals surface area contributed by atoms with Gasteiger partial charge in [0.2, 0.25) is 5.91 Å². The van der Waals surface area contributed by atoms with Crippen LogP contribution in [0.25, 0.3) is 10.9 Å². The van der Waals surface area contributed by atoms with Gasteiger partial charge in [-0.3, -0.25) is 30.0 Å². The lowest BCUT2D eigenvalue weighted by Crippen LogP contribution is -2.44. The van der Waals surface area contributed by atoms with E-state index in [-0.39, 0.29) is 24.0 Å². The Morgan fingerprint density at radius 2 is 1.77 bits per heavy atom.